The van der Waals surface area contributed by atoms with Crippen LogP contribution in [0.1, 0.15) is 23.5 Å². The van der Waals surface area contributed by atoms with Crippen molar-refractivity contribution in [2.24, 2.45) is 0 Å². The van der Waals surface area contributed by atoms with Gasteiger partial charge < -0.3 is 9.90 Å². The normalized spacial score (nSPS) is 12.0. The molecule has 0 aliphatic heterocycles. The second-order valence-electron chi connectivity index (χ2n) is 3.74. The maximum atomic E-state index is 12.0. The average molecular weight is 242 g/mol. The molecule has 1 atom stereocenters. The van der Waals surface area contributed by atoms with E-state index in [9.17, 15) is 14.7 Å². The Morgan fingerprint density at radius 3 is 2.61 bits per heavy atom. The van der Waals surface area contributed by atoms with E-state index in [1.54, 1.807) is 12.1 Å². The molecule has 0 amide bonds. The molecular weight excluding hydrogens is 234 g/mol. The third kappa shape index (κ3) is 1.72. The van der Waals surface area contributed by atoms with E-state index < -0.39 is 17.6 Å². The Hall–Kier alpha value is -2.68. The predicted octanol–water partition coefficient (Wildman–Crippen LogP) is -0.155. The van der Waals surface area contributed by atoms with Gasteiger partial charge in [-0.15, -0.1) is 0 Å². The van der Waals surface area contributed by atoms with Crippen LogP contribution in [0.4, 0.5) is 0 Å². The molecule has 0 spiro atoms. The van der Waals surface area contributed by atoms with Crippen LogP contribution in [-0.4, -0.2) is 15.7 Å². The monoisotopic (exact) mass is 242 g/mol. The highest BCUT2D eigenvalue weighted by molar-refractivity contribution is 6.00. The molecule has 18 heavy (non-hydrogen) atoms. The lowest BCUT2D eigenvalue weighted by atomic mass is 10.1. The molecule has 0 N–H and O–H groups in total. The van der Waals surface area contributed by atoms with Gasteiger partial charge in [0.2, 0.25) is 0 Å². The summed E-state index contributed by atoms with van der Waals surface area (Å²) in [5, 5.41) is 23.9. The molecule has 1 aromatic heterocycles. The molecule has 0 aliphatic carbocycles. The molecule has 0 aliphatic rings. The number of aromatic nitrogens is 2. The fourth-order valence-electron chi connectivity index (χ4n) is 1.67. The lowest BCUT2D eigenvalue weighted by Crippen LogP contribution is -2.32. The highest BCUT2D eigenvalue weighted by Gasteiger charge is 2.14. The minimum atomic E-state index is -1.48. The number of nitrogens with zero attached hydrogens (tertiary/aromatic N) is 3. The van der Waals surface area contributed by atoms with Gasteiger partial charge >= 0.3 is 0 Å². The molecule has 0 saturated carbocycles. The molecule has 2 rings (SSSR count). The highest BCUT2D eigenvalue weighted by Crippen LogP contribution is 2.13. The number of nitriles is 1. The van der Waals surface area contributed by atoms with Crippen molar-refractivity contribution < 1.29 is 9.90 Å². The van der Waals surface area contributed by atoms with E-state index in [2.05, 4.69) is 5.10 Å². The maximum Gasteiger partial charge on any atom is 0.275 e. The van der Waals surface area contributed by atoms with Gasteiger partial charge in [-0.1, -0.05) is 18.2 Å². The molecule has 90 valence electrons. The van der Waals surface area contributed by atoms with E-state index in [1.807, 2.05) is 6.07 Å². The molecular formula is C12H8N3O3-. The molecule has 0 unspecified atom stereocenters. The van der Waals surface area contributed by atoms with Crippen molar-refractivity contribution in [3.63, 3.8) is 0 Å². The average Bonchev–Trinajstić information content (AvgIpc) is 2.38. The van der Waals surface area contributed by atoms with E-state index in [4.69, 9.17) is 5.26 Å². The number of hydrogen-bond donors (Lipinski definition) is 0. The van der Waals surface area contributed by atoms with Gasteiger partial charge in [0.05, 0.1) is 17.4 Å². The van der Waals surface area contributed by atoms with E-state index in [0.29, 0.717) is 0 Å². The van der Waals surface area contributed by atoms with Crippen LogP contribution < -0.4 is 10.7 Å². The summed E-state index contributed by atoms with van der Waals surface area (Å²) in [6.07, 6.45) is 0. The van der Waals surface area contributed by atoms with Gasteiger partial charge in [0.15, 0.2) is 0 Å². The second-order valence-corrected chi connectivity index (χ2v) is 3.74. The molecule has 0 bridgehead atoms. The zero-order chi connectivity index (χ0) is 13.3. The first-order chi connectivity index (χ1) is 8.56. The molecule has 6 heteroatoms. The number of carboxylic acid groups (broad SMARTS) is 1. The standard InChI is InChI=1S/C12H9N3O3/c1-7(6-13)15-11(16)9-5-3-2-4-8(9)10(14-15)12(17)18/h2-5,7H,1H3,(H,17,18)/p-1/t7-/m1/s1. The molecule has 1 aromatic carbocycles. The number of benzene rings is 1. The molecule has 0 fully saturated rings. The van der Waals surface area contributed by atoms with Crippen LogP contribution in [-0.2, 0) is 0 Å². The quantitative estimate of drug-likeness (QED) is 0.728. The van der Waals surface area contributed by atoms with E-state index in [-0.39, 0.29) is 16.5 Å². The summed E-state index contributed by atoms with van der Waals surface area (Å²) in [6.45, 7) is 1.46. The van der Waals surface area contributed by atoms with Gasteiger partial charge in [-0.2, -0.15) is 10.4 Å². The van der Waals surface area contributed by atoms with Crippen LogP contribution >= 0.6 is 0 Å². The Labute approximate surface area is 102 Å². The summed E-state index contributed by atoms with van der Waals surface area (Å²) in [5.74, 6) is -1.48. The Morgan fingerprint density at radius 1 is 1.44 bits per heavy atom. The number of carboxylic acids is 1. The van der Waals surface area contributed by atoms with Crippen molar-refractivity contribution in [3.8, 4) is 6.07 Å². The van der Waals surface area contributed by atoms with Crippen LogP contribution in [0, 0.1) is 11.3 Å². The summed E-state index contributed by atoms with van der Waals surface area (Å²) in [5.41, 5.74) is -0.836. The maximum absolute atomic E-state index is 12.0. The summed E-state index contributed by atoms with van der Waals surface area (Å²) < 4.78 is 0.855. The summed E-state index contributed by atoms with van der Waals surface area (Å²) in [4.78, 5) is 23.1. The topological polar surface area (TPSA) is 98.8 Å². The predicted molar refractivity (Wildman–Crippen MR) is 60.7 cm³/mol. The fourth-order valence-corrected chi connectivity index (χ4v) is 1.67. The fraction of sp³-hybridized carbons (Fsp3) is 0.167. The lowest BCUT2D eigenvalue weighted by molar-refractivity contribution is -0.255. The first-order valence-electron chi connectivity index (χ1n) is 5.18. The third-order valence-corrected chi connectivity index (χ3v) is 2.58. The minimum Gasteiger partial charge on any atom is -0.543 e. The highest BCUT2D eigenvalue weighted by atomic mass is 16.4. The van der Waals surface area contributed by atoms with Gasteiger partial charge in [-0.05, 0) is 13.0 Å². The number of fused-ring (bicyclic) bond motifs is 1. The molecule has 0 radical (unpaired) electrons. The van der Waals surface area contributed by atoms with Crippen molar-refractivity contribution in [2.75, 3.05) is 0 Å². The Morgan fingerprint density at radius 2 is 2.06 bits per heavy atom. The molecule has 6 nitrogen and oxygen atoms in total. The van der Waals surface area contributed by atoms with Crippen molar-refractivity contribution in [1.29, 1.82) is 5.26 Å². The molecule has 1 heterocycles. The number of hydrogen-bond acceptors (Lipinski definition) is 5. The van der Waals surface area contributed by atoms with Crippen LogP contribution in [0.2, 0.25) is 0 Å². The Bertz CT molecular complexity index is 727. The van der Waals surface area contributed by atoms with Crippen molar-refractivity contribution in [1.82, 2.24) is 9.78 Å². The van der Waals surface area contributed by atoms with E-state index in [1.165, 1.54) is 19.1 Å². The van der Waals surface area contributed by atoms with Gasteiger partial charge in [0.25, 0.3) is 5.56 Å². The van der Waals surface area contributed by atoms with Gasteiger partial charge in [-0.3, -0.25) is 4.79 Å². The van der Waals surface area contributed by atoms with Gasteiger partial charge in [-0.25, -0.2) is 4.68 Å². The Balaban J connectivity index is 2.93. The van der Waals surface area contributed by atoms with Gasteiger partial charge in [0.1, 0.15) is 11.7 Å². The third-order valence-electron chi connectivity index (χ3n) is 2.58. The second kappa shape index (κ2) is 4.30. The smallest absolute Gasteiger partial charge is 0.275 e. The van der Waals surface area contributed by atoms with Crippen LogP contribution in [0.15, 0.2) is 29.1 Å². The molecule has 0 saturated heterocycles. The van der Waals surface area contributed by atoms with Crippen LogP contribution in [0.25, 0.3) is 10.8 Å². The van der Waals surface area contributed by atoms with Crippen LogP contribution in [0.3, 0.4) is 0 Å². The summed E-state index contributed by atoms with van der Waals surface area (Å²) in [6, 6.07) is 7.19. The molecule has 2 aromatic rings. The summed E-state index contributed by atoms with van der Waals surface area (Å²) >= 11 is 0. The number of carbonyl (C=O) groups is 1. The lowest BCUT2D eigenvalue weighted by Gasteiger charge is -2.12. The van der Waals surface area contributed by atoms with E-state index >= 15 is 0 Å². The summed E-state index contributed by atoms with van der Waals surface area (Å²) in [7, 11) is 0. The van der Waals surface area contributed by atoms with Gasteiger partial charge in [0, 0.05) is 5.39 Å². The van der Waals surface area contributed by atoms with E-state index in [0.717, 1.165) is 4.68 Å². The first kappa shape index (κ1) is 11.8. The zero-order valence-electron chi connectivity index (χ0n) is 9.45. The number of rotatable bonds is 2. The van der Waals surface area contributed by atoms with Crippen molar-refractivity contribution in [2.45, 2.75) is 13.0 Å². The minimum absolute atomic E-state index is 0.203. The Kier molecular flexibility index (Phi) is 2.81. The largest absolute Gasteiger partial charge is 0.543 e. The zero-order valence-corrected chi connectivity index (χ0v) is 9.45. The van der Waals surface area contributed by atoms with Crippen LogP contribution in [0.5, 0.6) is 0 Å². The number of aromatic carboxylic acids is 1. The van der Waals surface area contributed by atoms with Crippen molar-refractivity contribution in [3.05, 3.63) is 40.3 Å². The first-order valence-corrected chi connectivity index (χ1v) is 5.18. The number of carbonyl (C=O) groups excluding carboxylic acids is 1. The van der Waals surface area contributed by atoms with Crippen molar-refractivity contribution >= 4 is 16.7 Å². The SMILES string of the molecule is C[C@H](C#N)n1nc(C(=O)[O-])c2ccccc2c1=O.